The van der Waals surface area contributed by atoms with Crippen LogP contribution in [-0.2, 0) is 4.79 Å². The zero-order valence-electron chi connectivity index (χ0n) is 7.12. The van der Waals surface area contributed by atoms with Crippen molar-refractivity contribution < 1.29 is 9.90 Å². The zero-order valence-corrected chi connectivity index (χ0v) is 7.93. The average molecular weight is 187 g/mol. The minimum Gasteiger partial charge on any atom is -0.480 e. The maximum atomic E-state index is 10.3. The molecule has 0 saturated heterocycles. The van der Waals surface area contributed by atoms with Crippen LogP contribution in [0.2, 0.25) is 0 Å². The van der Waals surface area contributed by atoms with Gasteiger partial charge in [-0.15, -0.1) is 11.8 Å². The van der Waals surface area contributed by atoms with E-state index in [4.69, 9.17) is 10.4 Å². The first-order chi connectivity index (χ1) is 5.68. The number of aliphatic carboxylic acids is 1. The molecule has 1 unspecified atom stereocenters. The standard InChI is InChI=1S/C8H13NO2S/c1-7(8(10)11)12-6-4-2-3-5-9/h7H,2-4,6H2,1H3,(H,10,11). The van der Waals surface area contributed by atoms with Crippen LogP contribution in [0.3, 0.4) is 0 Å². The Morgan fingerprint density at radius 3 is 2.83 bits per heavy atom. The Kier molecular flexibility index (Phi) is 6.58. The monoisotopic (exact) mass is 187 g/mol. The number of hydrogen-bond donors (Lipinski definition) is 1. The fourth-order valence-electron chi connectivity index (χ4n) is 0.638. The van der Waals surface area contributed by atoms with Gasteiger partial charge in [-0.1, -0.05) is 0 Å². The highest BCUT2D eigenvalue weighted by molar-refractivity contribution is 8.00. The van der Waals surface area contributed by atoms with Crippen LogP contribution in [0.25, 0.3) is 0 Å². The highest BCUT2D eigenvalue weighted by atomic mass is 32.2. The summed E-state index contributed by atoms with van der Waals surface area (Å²) >= 11 is 1.43. The first-order valence-electron chi connectivity index (χ1n) is 3.90. The smallest absolute Gasteiger partial charge is 0.316 e. The van der Waals surface area contributed by atoms with Crippen molar-refractivity contribution in [2.75, 3.05) is 5.75 Å². The van der Waals surface area contributed by atoms with E-state index in [2.05, 4.69) is 6.07 Å². The van der Waals surface area contributed by atoms with Crippen LogP contribution in [0.1, 0.15) is 26.2 Å². The van der Waals surface area contributed by atoms with Gasteiger partial charge in [0.2, 0.25) is 0 Å². The van der Waals surface area contributed by atoms with Crippen molar-refractivity contribution in [3.63, 3.8) is 0 Å². The molecule has 68 valence electrons. The summed E-state index contributed by atoms with van der Waals surface area (Å²) in [6, 6.07) is 2.05. The lowest BCUT2D eigenvalue weighted by Crippen LogP contribution is -2.11. The van der Waals surface area contributed by atoms with Gasteiger partial charge in [0.15, 0.2) is 0 Å². The minimum absolute atomic E-state index is 0.327. The highest BCUT2D eigenvalue weighted by Gasteiger charge is 2.09. The Hall–Kier alpha value is -0.690. The molecule has 0 aromatic heterocycles. The SMILES string of the molecule is CC(SCCCCC#N)C(=O)O. The topological polar surface area (TPSA) is 61.1 Å². The summed E-state index contributed by atoms with van der Waals surface area (Å²) in [5, 5.41) is 16.4. The largest absolute Gasteiger partial charge is 0.480 e. The number of rotatable bonds is 6. The number of carboxylic acid groups (broad SMARTS) is 1. The molecule has 1 N–H and O–H groups in total. The first-order valence-corrected chi connectivity index (χ1v) is 4.94. The van der Waals surface area contributed by atoms with Gasteiger partial charge in [0.1, 0.15) is 0 Å². The second-order valence-electron chi connectivity index (χ2n) is 2.47. The maximum Gasteiger partial charge on any atom is 0.316 e. The molecular formula is C8H13NO2S. The van der Waals surface area contributed by atoms with Gasteiger partial charge in [0.25, 0.3) is 0 Å². The summed E-state index contributed by atoms with van der Waals surface area (Å²) < 4.78 is 0. The third kappa shape index (κ3) is 6.05. The molecule has 0 aliphatic heterocycles. The molecule has 0 radical (unpaired) electrons. The predicted molar refractivity (Wildman–Crippen MR) is 49.0 cm³/mol. The van der Waals surface area contributed by atoms with E-state index in [1.54, 1.807) is 6.92 Å². The summed E-state index contributed by atoms with van der Waals surface area (Å²) in [6.45, 7) is 1.68. The van der Waals surface area contributed by atoms with Gasteiger partial charge in [0.05, 0.1) is 11.3 Å². The van der Waals surface area contributed by atoms with E-state index in [9.17, 15) is 4.79 Å². The van der Waals surface area contributed by atoms with Gasteiger partial charge >= 0.3 is 5.97 Å². The van der Waals surface area contributed by atoms with Crippen LogP contribution in [0, 0.1) is 11.3 Å². The third-order valence-corrected chi connectivity index (χ3v) is 2.62. The molecule has 0 amide bonds. The molecule has 1 atom stereocenters. The summed E-state index contributed by atoms with van der Waals surface area (Å²) in [5.74, 6) is 0.0649. The first kappa shape index (κ1) is 11.3. The number of hydrogen-bond acceptors (Lipinski definition) is 3. The molecule has 4 heteroatoms. The fraction of sp³-hybridized carbons (Fsp3) is 0.750. The number of carbonyl (C=O) groups is 1. The molecule has 0 aliphatic carbocycles. The van der Waals surface area contributed by atoms with Crippen LogP contribution in [0.15, 0.2) is 0 Å². The number of nitriles is 1. The van der Waals surface area contributed by atoms with Crippen LogP contribution in [0.4, 0.5) is 0 Å². The molecule has 0 bridgehead atoms. The van der Waals surface area contributed by atoms with Crippen LogP contribution < -0.4 is 0 Å². The Balaban J connectivity index is 3.21. The van der Waals surface area contributed by atoms with E-state index in [1.165, 1.54) is 11.8 Å². The summed E-state index contributed by atoms with van der Waals surface area (Å²) in [4.78, 5) is 10.3. The molecule has 0 aromatic carbocycles. The highest BCUT2D eigenvalue weighted by Crippen LogP contribution is 2.12. The molecule has 3 nitrogen and oxygen atoms in total. The normalized spacial score (nSPS) is 12.0. The van der Waals surface area contributed by atoms with E-state index in [-0.39, 0.29) is 5.25 Å². The lowest BCUT2D eigenvalue weighted by molar-refractivity contribution is -0.136. The van der Waals surface area contributed by atoms with Gasteiger partial charge < -0.3 is 5.11 Å². The number of nitrogens with zero attached hydrogens (tertiary/aromatic N) is 1. The van der Waals surface area contributed by atoms with Gasteiger partial charge in [-0.05, 0) is 25.5 Å². The average Bonchev–Trinajstić information content (AvgIpc) is 2.03. The third-order valence-electron chi connectivity index (χ3n) is 1.40. The summed E-state index contributed by atoms with van der Waals surface area (Å²) in [5.41, 5.74) is 0. The Morgan fingerprint density at radius 1 is 1.67 bits per heavy atom. The van der Waals surface area contributed by atoms with Crippen molar-refractivity contribution in [3.05, 3.63) is 0 Å². The van der Waals surface area contributed by atoms with E-state index in [0.29, 0.717) is 6.42 Å². The molecular weight excluding hydrogens is 174 g/mol. The molecule has 0 spiro atoms. The number of carboxylic acids is 1. The molecule has 0 rings (SSSR count). The van der Waals surface area contributed by atoms with Crippen LogP contribution >= 0.6 is 11.8 Å². The van der Waals surface area contributed by atoms with Gasteiger partial charge in [-0.3, -0.25) is 4.79 Å². The number of thioether (sulfide) groups is 1. The molecule has 0 heterocycles. The second kappa shape index (κ2) is 6.99. The van der Waals surface area contributed by atoms with Crippen molar-refractivity contribution >= 4 is 17.7 Å². The van der Waals surface area contributed by atoms with E-state index in [1.807, 2.05) is 0 Å². The molecule has 0 fully saturated rings. The number of unbranched alkanes of at least 4 members (excludes halogenated alkanes) is 2. The van der Waals surface area contributed by atoms with Gasteiger partial charge in [-0.25, -0.2) is 0 Å². The van der Waals surface area contributed by atoms with E-state index < -0.39 is 5.97 Å². The van der Waals surface area contributed by atoms with Crippen molar-refractivity contribution in [2.24, 2.45) is 0 Å². The summed E-state index contributed by atoms with van der Waals surface area (Å²) in [7, 11) is 0. The van der Waals surface area contributed by atoms with Crippen molar-refractivity contribution in [3.8, 4) is 6.07 Å². The minimum atomic E-state index is -0.764. The zero-order chi connectivity index (χ0) is 9.40. The van der Waals surface area contributed by atoms with E-state index >= 15 is 0 Å². The van der Waals surface area contributed by atoms with Crippen LogP contribution in [0.5, 0.6) is 0 Å². The maximum absolute atomic E-state index is 10.3. The van der Waals surface area contributed by atoms with Crippen molar-refractivity contribution in [1.29, 1.82) is 5.26 Å². The molecule has 0 aliphatic rings. The fourth-order valence-corrected chi connectivity index (χ4v) is 1.50. The lowest BCUT2D eigenvalue weighted by atomic mass is 10.3. The lowest BCUT2D eigenvalue weighted by Gasteiger charge is -2.03. The van der Waals surface area contributed by atoms with Gasteiger partial charge in [-0.2, -0.15) is 5.26 Å². The molecule has 12 heavy (non-hydrogen) atoms. The second-order valence-corrected chi connectivity index (χ2v) is 3.92. The molecule has 0 saturated carbocycles. The quantitative estimate of drug-likeness (QED) is 0.645. The Labute approximate surface area is 76.8 Å². The Morgan fingerprint density at radius 2 is 2.33 bits per heavy atom. The van der Waals surface area contributed by atoms with Crippen molar-refractivity contribution in [2.45, 2.75) is 31.4 Å². The predicted octanol–water partition coefficient (Wildman–Crippen LogP) is 1.89. The van der Waals surface area contributed by atoms with E-state index in [0.717, 1.165) is 18.6 Å². The molecule has 0 aromatic rings. The van der Waals surface area contributed by atoms with Crippen molar-refractivity contribution in [1.82, 2.24) is 0 Å². The van der Waals surface area contributed by atoms with Gasteiger partial charge in [0, 0.05) is 6.42 Å². The summed E-state index contributed by atoms with van der Waals surface area (Å²) in [6.07, 6.45) is 2.37. The Bertz CT molecular complexity index is 176. The van der Waals surface area contributed by atoms with Crippen LogP contribution in [-0.4, -0.2) is 22.1 Å².